The van der Waals surface area contributed by atoms with Crippen molar-refractivity contribution in [3.63, 3.8) is 0 Å². The van der Waals surface area contributed by atoms with Gasteiger partial charge >= 0.3 is 0 Å². The second kappa shape index (κ2) is 4.66. The van der Waals surface area contributed by atoms with Crippen molar-refractivity contribution in [2.45, 2.75) is 45.6 Å². The van der Waals surface area contributed by atoms with Gasteiger partial charge in [0.25, 0.3) is 0 Å². The molecule has 1 heteroatoms. The summed E-state index contributed by atoms with van der Waals surface area (Å²) in [4.78, 5) is 0. The number of rotatable bonds is 6. The minimum Gasteiger partial charge on any atom is -0.314 e. The zero-order chi connectivity index (χ0) is 8.97. The molecule has 0 heterocycles. The van der Waals surface area contributed by atoms with Gasteiger partial charge in [0.05, 0.1) is 0 Å². The average molecular weight is 167 g/mol. The second-order valence-corrected chi connectivity index (χ2v) is 4.09. The molecular formula is C11H21N. The Morgan fingerprint density at radius 1 is 1.58 bits per heavy atom. The van der Waals surface area contributed by atoms with Crippen molar-refractivity contribution in [1.82, 2.24) is 5.32 Å². The maximum atomic E-state index is 3.96. The summed E-state index contributed by atoms with van der Waals surface area (Å²) in [6, 6.07) is 0.694. The van der Waals surface area contributed by atoms with Gasteiger partial charge in [-0.25, -0.2) is 0 Å². The molecule has 0 aromatic heterocycles. The molecule has 1 aliphatic carbocycles. The van der Waals surface area contributed by atoms with Crippen LogP contribution >= 0.6 is 0 Å². The van der Waals surface area contributed by atoms with E-state index in [0.29, 0.717) is 6.04 Å². The van der Waals surface area contributed by atoms with Crippen molar-refractivity contribution in [3.8, 4) is 0 Å². The fourth-order valence-corrected chi connectivity index (χ4v) is 1.70. The smallest absolute Gasteiger partial charge is 0.0106 e. The molecule has 1 saturated carbocycles. The molecule has 1 atom stereocenters. The molecule has 1 rings (SSSR count). The van der Waals surface area contributed by atoms with Crippen LogP contribution < -0.4 is 5.32 Å². The third-order valence-electron chi connectivity index (χ3n) is 2.40. The first kappa shape index (κ1) is 9.79. The van der Waals surface area contributed by atoms with E-state index >= 15 is 0 Å². The summed E-state index contributed by atoms with van der Waals surface area (Å²) >= 11 is 0. The highest BCUT2D eigenvalue weighted by molar-refractivity contribution is 4.94. The highest BCUT2D eigenvalue weighted by Crippen LogP contribution is 2.34. The van der Waals surface area contributed by atoms with Crippen LogP contribution in [0.5, 0.6) is 0 Å². The lowest BCUT2D eigenvalue weighted by molar-refractivity contribution is 0.465. The topological polar surface area (TPSA) is 12.0 Å². The molecule has 1 unspecified atom stereocenters. The summed E-state index contributed by atoms with van der Waals surface area (Å²) < 4.78 is 0. The molecule has 0 aromatic rings. The Balaban J connectivity index is 2.20. The number of hydrogen-bond donors (Lipinski definition) is 1. The summed E-state index contributed by atoms with van der Waals surface area (Å²) in [5, 5.41) is 3.52. The Morgan fingerprint density at radius 2 is 2.25 bits per heavy atom. The van der Waals surface area contributed by atoms with E-state index in [1.165, 1.54) is 24.8 Å². The maximum Gasteiger partial charge on any atom is 0.0106 e. The van der Waals surface area contributed by atoms with E-state index in [9.17, 15) is 0 Å². The first-order valence-electron chi connectivity index (χ1n) is 5.10. The molecule has 1 nitrogen and oxygen atoms in total. The molecule has 0 aromatic carbocycles. The molecule has 70 valence electrons. The largest absolute Gasteiger partial charge is 0.314 e. The van der Waals surface area contributed by atoms with Crippen LogP contribution in [0.1, 0.15) is 39.5 Å². The number of nitrogens with one attached hydrogen (secondary N) is 1. The summed E-state index contributed by atoms with van der Waals surface area (Å²) in [5.41, 5.74) is 1.31. The van der Waals surface area contributed by atoms with Gasteiger partial charge in [-0.3, -0.25) is 0 Å². The molecule has 0 radical (unpaired) electrons. The van der Waals surface area contributed by atoms with E-state index < -0.39 is 0 Å². The third kappa shape index (κ3) is 3.91. The van der Waals surface area contributed by atoms with E-state index in [-0.39, 0.29) is 0 Å². The van der Waals surface area contributed by atoms with Crippen molar-refractivity contribution in [1.29, 1.82) is 0 Å². The molecule has 0 bridgehead atoms. The minimum atomic E-state index is 0.694. The van der Waals surface area contributed by atoms with E-state index in [2.05, 4.69) is 25.7 Å². The van der Waals surface area contributed by atoms with Gasteiger partial charge in [0, 0.05) is 6.04 Å². The normalized spacial score (nSPS) is 19.2. The molecule has 0 spiro atoms. The van der Waals surface area contributed by atoms with E-state index in [1.807, 2.05) is 0 Å². The van der Waals surface area contributed by atoms with Crippen molar-refractivity contribution < 1.29 is 0 Å². The van der Waals surface area contributed by atoms with Crippen molar-refractivity contribution in [2.75, 3.05) is 6.54 Å². The lowest BCUT2D eigenvalue weighted by Gasteiger charge is -2.17. The molecular weight excluding hydrogens is 146 g/mol. The third-order valence-corrected chi connectivity index (χ3v) is 2.40. The Labute approximate surface area is 76.2 Å². The van der Waals surface area contributed by atoms with Crippen LogP contribution in [-0.4, -0.2) is 12.6 Å². The predicted molar refractivity (Wildman–Crippen MR) is 54.2 cm³/mol. The van der Waals surface area contributed by atoms with Crippen molar-refractivity contribution in [3.05, 3.63) is 12.2 Å². The van der Waals surface area contributed by atoms with Crippen molar-refractivity contribution in [2.24, 2.45) is 5.92 Å². The Hall–Kier alpha value is -0.300. The standard InChI is InChI=1S/C11H21N/c1-4-12-11(7-9(2)3)8-10-5-6-10/h10-12H,2,4-8H2,1,3H3. The molecule has 1 N–H and O–H groups in total. The van der Waals surface area contributed by atoms with Gasteiger partial charge in [-0.05, 0) is 32.2 Å². The first-order chi connectivity index (χ1) is 5.72. The molecule has 0 aliphatic heterocycles. The Morgan fingerprint density at radius 3 is 2.67 bits per heavy atom. The van der Waals surface area contributed by atoms with Crippen LogP contribution in [0.25, 0.3) is 0 Å². The highest BCUT2D eigenvalue weighted by Gasteiger charge is 2.24. The molecule has 0 saturated heterocycles. The van der Waals surface area contributed by atoms with Crippen molar-refractivity contribution >= 4 is 0 Å². The second-order valence-electron chi connectivity index (χ2n) is 4.09. The first-order valence-corrected chi connectivity index (χ1v) is 5.10. The summed E-state index contributed by atoms with van der Waals surface area (Å²) in [7, 11) is 0. The lowest BCUT2D eigenvalue weighted by atomic mass is 10.0. The van der Waals surface area contributed by atoms with Crippen LogP contribution in [-0.2, 0) is 0 Å². The van der Waals surface area contributed by atoms with E-state index in [4.69, 9.17) is 0 Å². The van der Waals surface area contributed by atoms with Crippen LogP contribution in [0.4, 0.5) is 0 Å². The highest BCUT2D eigenvalue weighted by atomic mass is 14.9. The van der Waals surface area contributed by atoms with Gasteiger partial charge in [-0.1, -0.05) is 25.3 Å². The maximum absolute atomic E-state index is 3.96. The van der Waals surface area contributed by atoms with Gasteiger partial charge in [-0.15, -0.1) is 6.58 Å². The van der Waals surface area contributed by atoms with Gasteiger partial charge in [-0.2, -0.15) is 0 Å². The quantitative estimate of drug-likeness (QED) is 0.600. The summed E-state index contributed by atoms with van der Waals surface area (Å²) in [5.74, 6) is 1.02. The average Bonchev–Trinajstić information content (AvgIpc) is 2.70. The predicted octanol–water partition coefficient (Wildman–Crippen LogP) is 2.73. The van der Waals surface area contributed by atoms with E-state index in [1.54, 1.807) is 0 Å². The van der Waals surface area contributed by atoms with Gasteiger partial charge in [0.2, 0.25) is 0 Å². The van der Waals surface area contributed by atoms with Crippen LogP contribution in [0, 0.1) is 5.92 Å². The van der Waals surface area contributed by atoms with Crippen LogP contribution in [0.15, 0.2) is 12.2 Å². The Kier molecular flexibility index (Phi) is 3.80. The summed E-state index contributed by atoms with van der Waals surface area (Å²) in [6.45, 7) is 9.35. The molecule has 12 heavy (non-hydrogen) atoms. The van der Waals surface area contributed by atoms with Gasteiger partial charge in [0.15, 0.2) is 0 Å². The summed E-state index contributed by atoms with van der Waals surface area (Å²) in [6.07, 6.45) is 5.43. The zero-order valence-corrected chi connectivity index (χ0v) is 8.40. The molecule has 1 fully saturated rings. The fraction of sp³-hybridized carbons (Fsp3) is 0.818. The van der Waals surface area contributed by atoms with Crippen LogP contribution in [0.3, 0.4) is 0 Å². The van der Waals surface area contributed by atoms with Crippen LogP contribution in [0.2, 0.25) is 0 Å². The monoisotopic (exact) mass is 167 g/mol. The molecule has 1 aliphatic rings. The van der Waals surface area contributed by atoms with E-state index in [0.717, 1.165) is 18.9 Å². The lowest BCUT2D eigenvalue weighted by Crippen LogP contribution is -2.29. The Bertz CT molecular complexity index is 147. The fourth-order valence-electron chi connectivity index (χ4n) is 1.70. The molecule has 0 amide bonds. The minimum absolute atomic E-state index is 0.694. The number of hydrogen-bond acceptors (Lipinski definition) is 1. The van der Waals surface area contributed by atoms with Gasteiger partial charge in [0.1, 0.15) is 0 Å². The zero-order valence-electron chi connectivity index (χ0n) is 8.40. The SMILES string of the molecule is C=C(C)CC(CC1CC1)NCC. The van der Waals surface area contributed by atoms with Gasteiger partial charge < -0.3 is 5.32 Å².